The van der Waals surface area contributed by atoms with Gasteiger partial charge in [-0.2, -0.15) is 0 Å². The largest absolute Gasteiger partial charge is 0.490 e. The van der Waals surface area contributed by atoms with Crippen molar-refractivity contribution in [3.63, 3.8) is 0 Å². The maximum absolute atomic E-state index is 6.03. The molecule has 1 heterocycles. The van der Waals surface area contributed by atoms with Crippen LogP contribution in [0.3, 0.4) is 0 Å². The molecule has 1 unspecified atom stereocenters. The smallest absolute Gasteiger partial charge is 0.400 e. The van der Waals surface area contributed by atoms with Gasteiger partial charge in [-0.25, -0.2) is 0 Å². The minimum absolute atomic E-state index is 0.182. The number of rotatable bonds is 2. The van der Waals surface area contributed by atoms with Crippen molar-refractivity contribution in [1.82, 2.24) is 5.23 Å². The molecule has 2 rings (SSSR count). The van der Waals surface area contributed by atoms with E-state index in [0.717, 1.165) is 19.3 Å². The van der Waals surface area contributed by atoms with Crippen LogP contribution in [0.1, 0.15) is 47.0 Å². The fourth-order valence-corrected chi connectivity index (χ4v) is 2.21. The minimum Gasteiger partial charge on any atom is -0.400 e. The summed E-state index contributed by atoms with van der Waals surface area (Å²) in [5.41, 5.74) is 0.762. The lowest BCUT2D eigenvalue weighted by Gasteiger charge is -2.32. The highest BCUT2D eigenvalue weighted by Gasteiger charge is 2.52. The van der Waals surface area contributed by atoms with E-state index in [9.17, 15) is 0 Å². The third kappa shape index (κ3) is 2.47. The van der Waals surface area contributed by atoms with E-state index in [1.54, 1.807) is 0 Å². The first kappa shape index (κ1) is 13.2. The van der Waals surface area contributed by atoms with Crippen molar-refractivity contribution in [1.29, 1.82) is 0 Å². The van der Waals surface area contributed by atoms with Gasteiger partial charge in [0.25, 0.3) is 0 Å². The van der Waals surface area contributed by atoms with E-state index in [4.69, 9.17) is 17.3 Å². The summed E-state index contributed by atoms with van der Waals surface area (Å²) in [4.78, 5) is 0. The lowest BCUT2D eigenvalue weighted by Crippen LogP contribution is -2.41. The van der Waals surface area contributed by atoms with Crippen molar-refractivity contribution in [2.75, 3.05) is 0 Å². The zero-order valence-electron chi connectivity index (χ0n) is 11.2. The summed E-state index contributed by atoms with van der Waals surface area (Å²) in [6.45, 7) is 8.34. The Morgan fingerprint density at radius 2 is 1.88 bits per heavy atom. The first-order valence-corrected chi connectivity index (χ1v) is 6.36. The monoisotopic (exact) mass is 233 g/mol. The van der Waals surface area contributed by atoms with Gasteiger partial charge >= 0.3 is 7.12 Å². The van der Waals surface area contributed by atoms with Gasteiger partial charge in [0.05, 0.1) is 11.2 Å². The predicted octanol–water partition coefficient (Wildman–Crippen LogP) is 1.77. The molecule has 0 aromatic carbocycles. The van der Waals surface area contributed by atoms with Gasteiger partial charge < -0.3 is 14.5 Å². The van der Waals surface area contributed by atoms with E-state index in [1.165, 1.54) is 5.47 Å². The normalized spacial score (nSPS) is 31.4. The summed E-state index contributed by atoms with van der Waals surface area (Å²) < 4.78 is 12.1. The highest BCUT2D eigenvalue weighted by Crippen LogP contribution is 2.40. The molecule has 1 atom stereocenters. The second-order valence-corrected chi connectivity index (χ2v) is 6.01. The van der Waals surface area contributed by atoms with E-state index in [0.29, 0.717) is 6.04 Å². The topological polar surface area (TPSA) is 30.5 Å². The molecular weight excluding hydrogens is 212 g/mol. The van der Waals surface area contributed by atoms with Gasteiger partial charge in [0.15, 0.2) is 7.98 Å². The van der Waals surface area contributed by atoms with Crippen LogP contribution in [-0.4, -0.2) is 32.3 Å². The van der Waals surface area contributed by atoms with Gasteiger partial charge in [0.2, 0.25) is 0 Å². The second-order valence-electron chi connectivity index (χ2n) is 6.01. The van der Waals surface area contributed by atoms with Crippen LogP contribution >= 0.6 is 0 Å². The Kier molecular flexibility index (Phi) is 3.45. The standard InChI is InChI=1S/C12H21B2NO2/c1-11(2)12(3,4)17-14(16-11)9-5-7-10(15-13)8-6-9/h5,10,15H,6-8H2,1-4H3. The summed E-state index contributed by atoms with van der Waals surface area (Å²) in [5, 5.41) is 2.82. The van der Waals surface area contributed by atoms with E-state index < -0.39 is 0 Å². The first-order valence-electron chi connectivity index (χ1n) is 6.36. The molecule has 1 aliphatic carbocycles. The third-order valence-electron chi connectivity index (χ3n) is 4.24. The van der Waals surface area contributed by atoms with Gasteiger partial charge in [-0.05, 0) is 58.5 Å². The average Bonchev–Trinajstić information content (AvgIpc) is 2.48. The maximum atomic E-state index is 6.03. The van der Waals surface area contributed by atoms with Gasteiger partial charge in [0, 0.05) is 0 Å². The lowest BCUT2D eigenvalue weighted by atomic mass is 9.71. The number of hydrogen-bond donors (Lipinski definition) is 1. The summed E-state index contributed by atoms with van der Waals surface area (Å²) >= 11 is 0. The quantitative estimate of drug-likeness (QED) is 0.737. The maximum Gasteiger partial charge on any atom is 0.490 e. The van der Waals surface area contributed by atoms with E-state index in [-0.39, 0.29) is 18.3 Å². The Balaban J connectivity index is 2.05. The number of allylic oxidation sites excluding steroid dienone is 1. The van der Waals surface area contributed by atoms with Gasteiger partial charge in [0.1, 0.15) is 0 Å². The molecule has 1 saturated heterocycles. The Hall–Kier alpha value is -0.250. The van der Waals surface area contributed by atoms with Crippen molar-refractivity contribution in [2.24, 2.45) is 0 Å². The molecule has 0 amide bonds. The predicted molar refractivity (Wildman–Crippen MR) is 70.7 cm³/mol. The van der Waals surface area contributed by atoms with Crippen LogP contribution < -0.4 is 5.23 Å². The molecule has 3 nitrogen and oxygen atoms in total. The van der Waals surface area contributed by atoms with Crippen molar-refractivity contribution < 1.29 is 9.31 Å². The lowest BCUT2D eigenvalue weighted by molar-refractivity contribution is 0.00578. The molecule has 17 heavy (non-hydrogen) atoms. The van der Waals surface area contributed by atoms with E-state index in [1.807, 2.05) is 0 Å². The Labute approximate surface area is 106 Å². The fourth-order valence-electron chi connectivity index (χ4n) is 2.21. The first-order chi connectivity index (χ1) is 7.86. The van der Waals surface area contributed by atoms with Crippen molar-refractivity contribution in [3.05, 3.63) is 11.5 Å². The van der Waals surface area contributed by atoms with Gasteiger partial charge in [-0.1, -0.05) is 6.08 Å². The SMILES string of the molecule is [B]NC1CC=C(B2OC(C)(C)C(C)(C)O2)CC1. The molecule has 0 aromatic heterocycles. The molecule has 0 aromatic rings. The number of nitrogens with one attached hydrogen (secondary N) is 1. The molecule has 0 bridgehead atoms. The molecular formula is C12H21B2NO2. The highest BCUT2D eigenvalue weighted by molar-refractivity contribution is 6.54. The Morgan fingerprint density at radius 1 is 1.29 bits per heavy atom. The van der Waals surface area contributed by atoms with Crippen LogP contribution in [-0.2, 0) is 9.31 Å². The van der Waals surface area contributed by atoms with Crippen LogP contribution in [0.2, 0.25) is 0 Å². The summed E-state index contributed by atoms with van der Waals surface area (Å²) in [5.74, 6) is 0. The minimum atomic E-state index is -0.249. The Bertz CT molecular complexity index is 312. The molecule has 1 N–H and O–H groups in total. The molecule has 0 spiro atoms. The van der Waals surface area contributed by atoms with Crippen molar-refractivity contribution in [3.8, 4) is 0 Å². The fraction of sp³-hybridized carbons (Fsp3) is 0.833. The molecule has 5 heteroatoms. The molecule has 0 saturated carbocycles. The highest BCUT2D eigenvalue weighted by atomic mass is 16.7. The summed E-state index contributed by atoms with van der Waals surface area (Å²) in [6, 6.07) is 0.390. The number of hydrogen-bond acceptors (Lipinski definition) is 3. The van der Waals surface area contributed by atoms with Crippen LogP contribution in [0.4, 0.5) is 0 Å². The average molecular weight is 233 g/mol. The summed E-state index contributed by atoms with van der Waals surface area (Å²) in [7, 11) is 5.26. The molecule has 1 aliphatic heterocycles. The van der Waals surface area contributed by atoms with Crippen molar-refractivity contribution in [2.45, 2.75) is 64.2 Å². The van der Waals surface area contributed by atoms with Gasteiger partial charge in [-0.15, -0.1) is 0 Å². The van der Waals surface area contributed by atoms with Crippen LogP contribution in [0.5, 0.6) is 0 Å². The van der Waals surface area contributed by atoms with E-state index >= 15 is 0 Å². The van der Waals surface area contributed by atoms with Gasteiger partial charge in [-0.3, -0.25) is 0 Å². The van der Waals surface area contributed by atoms with Crippen molar-refractivity contribution >= 4 is 15.1 Å². The molecule has 2 aliphatic rings. The second kappa shape index (κ2) is 4.45. The zero-order chi connectivity index (χ0) is 12.7. The molecule has 1 fully saturated rings. The molecule has 92 valence electrons. The van der Waals surface area contributed by atoms with E-state index in [2.05, 4.69) is 39.0 Å². The Morgan fingerprint density at radius 3 is 2.29 bits per heavy atom. The van der Waals surface area contributed by atoms with Crippen LogP contribution in [0, 0.1) is 0 Å². The van der Waals surface area contributed by atoms with Crippen LogP contribution in [0.15, 0.2) is 11.5 Å². The molecule has 2 radical (unpaired) electrons. The third-order valence-corrected chi connectivity index (χ3v) is 4.24. The van der Waals surface area contributed by atoms with Crippen LogP contribution in [0.25, 0.3) is 0 Å². The zero-order valence-corrected chi connectivity index (χ0v) is 11.2. The summed E-state index contributed by atoms with van der Waals surface area (Å²) in [6.07, 6.45) is 5.20.